The first-order chi connectivity index (χ1) is 12.7. The van der Waals surface area contributed by atoms with Crippen molar-refractivity contribution in [3.05, 3.63) is 46.4 Å². The molecule has 0 unspecified atom stereocenters. The molecule has 0 spiro atoms. The number of carbonyl (C=O) groups excluding carboxylic acids is 1. The molecule has 0 aliphatic carbocycles. The molecule has 146 valence electrons. The highest BCUT2D eigenvalue weighted by Crippen LogP contribution is 2.36. The van der Waals surface area contributed by atoms with Gasteiger partial charge >= 0.3 is 0 Å². The molecule has 27 heavy (non-hydrogen) atoms. The normalized spacial score (nSPS) is 11.0. The molecule has 0 aliphatic heterocycles. The van der Waals surface area contributed by atoms with E-state index < -0.39 is 22.5 Å². The molecule has 0 bridgehead atoms. The minimum atomic E-state index is -3.75. The minimum absolute atomic E-state index is 0.206. The number of anilines is 2. The number of hydrogen-bond acceptors (Lipinski definition) is 5. The molecule has 1 amide bonds. The maximum Gasteiger partial charge on any atom is 0.245 e. The van der Waals surface area contributed by atoms with Crippen LogP contribution in [0.5, 0.6) is 11.5 Å². The predicted molar refractivity (Wildman–Crippen MR) is 107 cm³/mol. The van der Waals surface area contributed by atoms with Crippen molar-refractivity contribution >= 4 is 50.5 Å². The quantitative estimate of drug-likeness (QED) is 0.724. The minimum Gasteiger partial charge on any atom is -0.495 e. The van der Waals surface area contributed by atoms with Crippen molar-refractivity contribution in [2.45, 2.75) is 0 Å². The Labute approximate surface area is 167 Å². The smallest absolute Gasteiger partial charge is 0.245 e. The second-order valence-electron chi connectivity index (χ2n) is 5.46. The summed E-state index contributed by atoms with van der Waals surface area (Å²) >= 11 is 12.1. The Bertz CT molecular complexity index is 950. The Kier molecular flexibility index (Phi) is 6.80. The molecule has 0 fully saturated rings. The van der Waals surface area contributed by atoms with Crippen LogP contribution in [0.4, 0.5) is 11.4 Å². The number of sulfonamides is 1. The van der Waals surface area contributed by atoms with Crippen LogP contribution in [-0.4, -0.2) is 41.3 Å². The molecule has 2 aromatic rings. The lowest BCUT2D eigenvalue weighted by Crippen LogP contribution is -2.37. The molecule has 7 nitrogen and oxygen atoms in total. The first-order valence-corrected chi connectivity index (χ1v) is 10.2. The van der Waals surface area contributed by atoms with Crippen molar-refractivity contribution in [2.75, 3.05) is 36.6 Å². The molecule has 0 atom stereocenters. The van der Waals surface area contributed by atoms with Gasteiger partial charge in [-0.05, 0) is 12.1 Å². The van der Waals surface area contributed by atoms with Crippen LogP contribution in [0, 0.1) is 0 Å². The van der Waals surface area contributed by atoms with Crippen LogP contribution in [0.25, 0.3) is 0 Å². The molecule has 0 aromatic heterocycles. The summed E-state index contributed by atoms with van der Waals surface area (Å²) in [6.45, 7) is -0.476. The van der Waals surface area contributed by atoms with E-state index in [1.165, 1.54) is 32.4 Å². The van der Waals surface area contributed by atoms with E-state index in [1.54, 1.807) is 18.2 Å². The fourth-order valence-electron chi connectivity index (χ4n) is 2.31. The number of carbonyl (C=O) groups is 1. The zero-order valence-corrected chi connectivity index (χ0v) is 17.2. The van der Waals surface area contributed by atoms with Crippen molar-refractivity contribution in [3.63, 3.8) is 0 Å². The summed E-state index contributed by atoms with van der Waals surface area (Å²) in [5.74, 6) is 0.0414. The van der Waals surface area contributed by atoms with Crippen molar-refractivity contribution in [3.8, 4) is 11.5 Å². The second kappa shape index (κ2) is 8.69. The summed E-state index contributed by atoms with van der Waals surface area (Å²) < 4.78 is 35.6. The molecule has 1 N–H and O–H groups in total. The van der Waals surface area contributed by atoms with Gasteiger partial charge < -0.3 is 14.8 Å². The molecule has 0 saturated heterocycles. The number of methoxy groups -OCH3 is 2. The number of ether oxygens (including phenoxy) is 2. The third-order valence-electron chi connectivity index (χ3n) is 3.56. The van der Waals surface area contributed by atoms with Gasteiger partial charge in [-0.1, -0.05) is 35.3 Å². The monoisotopic (exact) mass is 432 g/mol. The largest absolute Gasteiger partial charge is 0.495 e. The SMILES string of the molecule is COc1cc(NC(=O)CN(c2ccccc2Cl)S(C)(=O)=O)c(OC)cc1Cl. The number of nitrogens with zero attached hydrogens (tertiary/aromatic N) is 1. The molecule has 0 radical (unpaired) electrons. The Morgan fingerprint density at radius 1 is 1.07 bits per heavy atom. The first kappa shape index (κ1) is 21.1. The average Bonchev–Trinajstić information content (AvgIpc) is 2.60. The van der Waals surface area contributed by atoms with Gasteiger partial charge in [-0.2, -0.15) is 0 Å². The van der Waals surface area contributed by atoms with Gasteiger partial charge in [0.05, 0.1) is 41.9 Å². The maximum absolute atomic E-state index is 12.5. The van der Waals surface area contributed by atoms with E-state index in [2.05, 4.69) is 5.32 Å². The summed E-state index contributed by atoms with van der Waals surface area (Å²) in [5.41, 5.74) is 0.494. The first-order valence-electron chi connectivity index (χ1n) is 7.61. The summed E-state index contributed by atoms with van der Waals surface area (Å²) in [6.07, 6.45) is 0.996. The zero-order valence-electron chi connectivity index (χ0n) is 14.8. The van der Waals surface area contributed by atoms with E-state index in [0.29, 0.717) is 16.5 Å². The van der Waals surface area contributed by atoms with Crippen molar-refractivity contribution in [1.29, 1.82) is 0 Å². The van der Waals surface area contributed by atoms with Gasteiger partial charge in [0.15, 0.2) is 0 Å². The molecular weight excluding hydrogens is 415 g/mol. The van der Waals surface area contributed by atoms with Gasteiger partial charge in [-0.3, -0.25) is 9.10 Å². The van der Waals surface area contributed by atoms with Gasteiger partial charge in [-0.25, -0.2) is 8.42 Å². The third-order valence-corrected chi connectivity index (χ3v) is 5.30. The molecule has 10 heteroatoms. The lowest BCUT2D eigenvalue weighted by molar-refractivity contribution is -0.114. The number of benzene rings is 2. The van der Waals surface area contributed by atoms with Gasteiger partial charge in [-0.15, -0.1) is 0 Å². The van der Waals surface area contributed by atoms with Crippen LogP contribution in [0.15, 0.2) is 36.4 Å². The fraction of sp³-hybridized carbons (Fsp3) is 0.235. The Morgan fingerprint density at radius 2 is 1.70 bits per heavy atom. The standard InChI is InChI=1S/C17H18Cl2N2O5S/c1-25-15-9-13(16(26-2)8-12(15)19)20-17(22)10-21(27(3,23)24)14-7-5-4-6-11(14)18/h4-9H,10H2,1-3H3,(H,20,22). The van der Waals surface area contributed by atoms with Crippen molar-refractivity contribution < 1.29 is 22.7 Å². The van der Waals surface area contributed by atoms with Crippen LogP contribution < -0.4 is 19.1 Å². The lowest BCUT2D eigenvalue weighted by Gasteiger charge is -2.23. The number of nitrogens with one attached hydrogen (secondary N) is 1. The zero-order chi connectivity index (χ0) is 20.2. The van der Waals surface area contributed by atoms with E-state index in [4.69, 9.17) is 32.7 Å². The second-order valence-corrected chi connectivity index (χ2v) is 8.18. The molecule has 0 heterocycles. The summed E-state index contributed by atoms with van der Waals surface area (Å²) in [5, 5.41) is 3.12. The fourth-order valence-corrected chi connectivity index (χ4v) is 3.70. The van der Waals surface area contributed by atoms with Crippen LogP contribution in [0.3, 0.4) is 0 Å². The van der Waals surface area contributed by atoms with Crippen LogP contribution >= 0.6 is 23.2 Å². The van der Waals surface area contributed by atoms with E-state index in [9.17, 15) is 13.2 Å². The number of para-hydroxylation sites is 1. The van der Waals surface area contributed by atoms with E-state index >= 15 is 0 Å². The highest BCUT2D eigenvalue weighted by Gasteiger charge is 2.23. The van der Waals surface area contributed by atoms with Crippen LogP contribution in [0.2, 0.25) is 10.0 Å². The number of amides is 1. The predicted octanol–water partition coefficient (Wildman–Crippen LogP) is 3.42. The van der Waals surface area contributed by atoms with Crippen LogP contribution in [-0.2, 0) is 14.8 Å². The van der Waals surface area contributed by atoms with Gasteiger partial charge in [0.2, 0.25) is 15.9 Å². The topological polar surface area (TPSA) is 84.9 Å². The molecule has 2 rings (SSSR count). The third kappa shape index (κ3) is 5.18. The lowest BCUT2D eigenvalue weighted by atomic mass is 10.2. The van der Waals surface area contributed by atoms with E-state index in [-0.39, 0.29) is 16.4 Å². The summed E-state index contributed by atoms with van der Waals surface area (Å²) in [4.78, 5) is 12.5. The Hall–Kier alpha value is -2.16. The molecular formula is C17H18Cl2N2O5S. The average molecular weight is 433 g/mol. The van der Waals surface area contributed by atoms with Gasteiger partial charge in [0.1, 0.15) is 18.0 Å². The van der Waals surface area contributed by atoms with Crippen molar-refractivity contribution in [2.24, 2.45) is 0 Å². The molecule has 0 saturated carbocycles. The maximum atomic E-state index is 12.5. The highest BCUT2D eigenvalue weighted by atomic mass is 35.5. The highest BCUT2D eigenvalue weighted by molar-refractivity contribution is 7.92. The molecule has 2 aromatic carbocycles. The number of rotatable bonds is 7. The van der Waals surface area contributed by atoms with E-state index in [1.807, 2.05) is 0 Å². The number of hydrogen-bond donors (Lipinski definition) is 1. The van der Waals surface area contributed by atoms with Crippen LogP contribution in [0.1, 0.15) is 0 Å². The summed E-state index contributed by atoms with van der Waals surface area (Å²) in [6, 6.07) is 9.32. The van der Waals surface area contributed by atoms with E-state index in [0.717, 1.165) is 10.6 Å². The van der Waals surface area contributed by atoms with Crippen molar-refractivity contribution in [1.82, 2.24) is 0 Å². The Balaban J connectivity index is 2.31. The molecule has 0 aliphatic rings. The number of halogens is 2. The Morgan fingerprint density at radius 3 is 2.26 bits per heavy atom. The van der Waals surface area contributed by atoms with Gasteiger partial charge in [0, 0.05) is 12.1 Å². The van der Waals surface area contributed by atoms with Gasteiger partial charge in [0.25, 0.3) is 0 Å². The summed E-state index contributed by atoms with van der Waals surface area (Å²) in [7, 11) is -0.902.